The second-order valence-corrected chi connectivity index (χ2v) is 5.42. The molecule has 1 rings (SSSR count). The Hall–Kier alpha value is -2.90. The molecule has 1 unspecified atom stereocenters. The van der Waals surface area contributed by atoms with Gasteiger partial charge in [0, 0.05) is 12.1 Å². The highest BCUT2D eigenvalue weighted by Crippen LogP contribution is 2.18. The van der Waals surface area contributed by atoms with Crippen LogP contribution in [0.15, 0.2) is 30.3 Å². The first kappa shape index (κ1) is 22.1. The van der Waals surface area contributed by atoms with E-state index in [0.717, 1.165) is 0 Å². The van der Waals surface area contributed by atoms with Gasteiger partial charge >= 0.3 is 17.9 Å². The van der Waals surface area contributed by atoms with Crippen molar-refractivity contribution in [3.63, 3.8) is 0 Å². The van der Waals surface area contributed by atoms with Crippen LogP contribution < -0.4 is 5.32 Å². The third kappa shape index (κ3) is 6.73. The third-order valence-electron chi connectivity index (χ3n) is 3.59. The molecule has 0 radical (unpaired) electrons. The van der Waals surface area contributed by atoms with Gasteiger partial charge in [0.2, 0.25) is 0 Å². The summed E-state index contributed by atoms with van der Waals surface area (Å²) in [6, 6.07) is 8.34. The summed E-state index contributed by atoms with van der Waals surface area (Å²) in [6.07, 6.45) is 0. The number of ether oxygens (including phenoxy) is 3. The Bertz CT molecular complexity index is 627. The molecule has 0 aliphatic carbocycles. The summed E-state index contributed by atoms with van der Waals surface area (Å²) in [4.78, 5) is 49.2. The van der Waals surface area contributed by atoms with Gasteiger partial charge in [-0.25, -0.2) is 0 Å². The van der Waals surface area contributed by atoms with Crippen LogP contribution in [0.2, 0.25) is 0 Å². The highest BCUT2D eigenvalue weighted by Gasteiger charge is 2.42. The molecule has 1 atom stereocenters. The molecule has 0 saturated heterocycles. The maximum atomic E-state index is 12.4. The first-order chi connectivity index (χ1) is 13.0. The lowest BCUT2D eigenvalue weighted by Gasteiger charge is -2.23. The van der Waals surface area contributed by atoms with Gasteiger partial charge in [-0.1, -0.05) is 18.2 Å². The fourth-order valence-electron chi connectivity index (χ4n) is 2.37. The minimum atomic E-state index is -1.53. The van der Waals surface area contributed by atoms with Crippen molar-refractivity contribution in [3.05, 3.63) is 35.9 Å². The topological polar surface area (TPSA) is 108 Å². The SMILES string of the molecule is CCOC(=O)C(CNC(=O)c1ccccc1)C(C(=O)OCC)C(=O)OCC. The minimum Gasteiger partial charge on any atom is -0.466 e. The zero-order chi connectivity index (χ0) is 20.2. The first-order valence-electron chi connectivity index (χ1n) is 8.79. The van der Waals surface area contributed by atoms with Gasteiger partial charge in [0.05, 0.1) is 25.7 Å². The molecule has 1 aromatic carbocycles. The summed E-state index contributed by atoms with van der Waals surface area (Å²) >= 11 is 0. The van der Waals surface area contributed by atoms with Crippen LogP contribution in [0.5, 0.6) is 0 Å². The van der Waals surface area contributed by atoms with Crippen molar-refractivity contribution >= 4 is 23.8 Å². The zero-order valence-corrected chi connectivity index (χ0v) is 15.7. The summed E-state index contributed by atoms with van der Waals surface area (Å²) in [5.74, 6) is -5.84. The Morgan fingerprint density at radius 1 is 0.815 bits per heavy atom. The molecule has 1 aromatic rings. The number of amides is 1. The van der Waals surface area contributed by atoms with Gasteiger partial charge < -0.3 is 19.5 Å². The highest BCUT2D eigenvalue weighted by atomic mass is 16.6. The van der Waals surface area contributed by atoms with E-state index in [9.17, 15) is 19.2 Å². The quantitative estimate of drug-likeness (QED) is 0.371. The van der Waals surface area contributed by atoms with Gasteiger partial charge in [-0.3, -0.25) is 19.2 Å². The number of hydrogen-bond acceptors (Lipinski definition) is 7. The summed E-state index contributed by atoms with van der Waals surface area (Å²) in [5, 5.41) is 2.56. The van der Waals surface area contributed by atoms with Crippen LogP contribution in [0, 0.1) is 11.8 Å². The van der Waals surface area contributed by atoms with Crippen molar-refractivity contribution in [2.75, 3.05) is 26.4 Å². The molecular weight excluding hydrogens is 354 g/mol. The van der Waals surface area contributed by atoms with Crippen molar-refractivity contribution in [2.24, 2.45) is 11.8 Å². The van der Waals surface area contributed by atoms with Crippen LogP contribution in [0.25, 0.3) is 0 Å². The molecule has 8 nitrogen and oxygen atoms in total. The Morgan fingerprint density at radius 3 is 1.78 bits per heavy atom. The zero-order valence-electron chi connectivity index (χ0n) is 15.7. The molecular formula is C19H25NO7. The Labute approximate surface area is 158 Å². The van der Waals surface area contributed by atoms with Crippen molar-refractivity contribution in [1.29, 1.82) is 0 Å². The predicted molar refractivity (Wildman–Crippen MR) is 95.7 cm³/mol. The third-order valence-corrected chi connectivity index (χ3v) is 3.59. The lowest BCUT2D eigenvalue weighted by atomic mass is 9.91. The van der Waals surface area contributed by atoms with Gasteiger partial charge in [0.15, 0.2) is 5.92 Å². The van der Waals surface area contributed by atoms with Gasteiger partial charge in [0.25, 0.3) is 5.91 Å². The van der Waals surface area contributed by atoms with Crippen LogP contribution >= 0.6 is 0 Å². The fraction of sp³-hybridized carbons (Fsp3) is 0.474. The molecule has 0 fully saturated rings. The predicted octanol–water partition coefficient (Wildman–Crippen LogP) is 1.34. The van der Waals surface area contributed by atoms with E-state index < -0.39 is 35.7 Å². The van der Waals surface area contributed by atoms with Gasteiger partial charge in [-0.05, 0) is 32.9 Å². The number of esters is 3. The van der Waals surface area contributed by atoms with E-state index in [2.05, 4.69) is 5.32 Å². The monoisotopic (exact) mass is 379 g/mol. The normalized spacial score (nSPS) is 11.4. The molecule has 1 N–H and O–H groups in total. The number of rotatable bonds is 10. The Balaban J connectivity index is 3.03. The molecule has 0 heterocycles. The fourth-order valence-corrected chi connectivity index (χ4v) is 2.37. The van der Waals surface area contributed by atoms with Crippen molar-refractivity contribution in [1.82, 2.24) is 5.32 Å². The molecule has 0 aromatic heterocycles. The van der Waals surface area contributed by atoms with E-state index >= 15 is 0 Å². The average Bonchev–Trinajstić information content (AvgIpc) is 2.65. The van der Waals surface area contributed by atoms with E-state index in [4.69, 9.17) is 14.2 Å². The molecule has 0 spiro atoms. The minimum absolute atomic E-state index is 0.0284. The molecule has 148 valence electrons. The van der Waals surface area contributed by atoms with Crippen LogP contribution in [-0.4, -0.2) is 50.2 Å². The Morgan fingerprint density at radius 2 is 1.30 bits per heavy atom. The number of carbonyl (C=O) groups excluding carboxylic acids is 4. The highest BCUT2D eigenvalue weighted by molar-refractivity contribution is 6.00. The maximum Gasteiger partial charge on any atom is 0.321 e. The van der Waals surface area contributed by atoms with Gasteiger partial charge in [0.1, 0.15) is 0 Å². The van der Waals surface area contributed by atoms with Crippen LogP contribution in [0.3, 0.4) is 0 Å². The number of nitrogens with one attached hydrogen (secondary N) is 1. The largest absolute Gasteiger partial charge is 0.466 e. The van der Waals surface area contributed by atoms with Crippen molar-refractivity contribution < 1.29 is 33.4 Å². The average molecular weight is 379 g/mol. The van der Waals surface area contributed by atoms with Crippen LogP contribution in [-0.2, 0) is 28.6 Å². The van der Waals surface area contributed by atoms with Crippen molar-refractivity contribution in [3.8, 4) is 0 Å². The number of benzene rings is 1. The number of carbonyl (C=O) groups is 4. The molecule has 0 aliphatic heterocycles. The molecule has 1 amide bonds. The van der Waals surface area contributed by atoms with Gasteiger partial charge in [-0.2, -0.15) is 0 Å². The van der Waals surface area contributed by atoms with E-state index in [0.29, 0.717) is 5.56 Å². The number of hydrogen-bond donors (Lipinski definition) is 1. The van der Waals surface area contributed by atoms with E-state index in [1.165, 1.54) is 0 Å². The first-order valence-corrected chi connectivity index (χ1v) is 8.79. The standard InChI is InChI=1S/C19H25NO7/c1-4-25-17(22)14(12-20-16(21)13-10-8-7-9-11-13)15(18(23)26-5-2)19(24)27-6-3/h7-11,14-15H,4-6,12H2,1-3H3,(H,20,21). The van der Waals surface area contributed by atoms with E-state index in [1.807, 2.05) is 0 Å². The van der Waals surface area contributed by atoms with Crippen molar-refractivity contribution in [2.45, 2.75) is 20.8 Å². The summed E-state index contributed by atoms with van der Waals surface area (Å²) in [7, 11) is 0. The summed E-state index contributed by atoms with van der Waals surface area (Å²) in [5.41, 5.74) is 0.379. The lowest BCUT2D eigenvalue weighted by molar-refractivity contribution is -0.171. The summed E-state index contributed by atoms with van der Waals surface area (Å²) in [6.45, 7) is 4.59. The van der Waals surface area contributed by atoms with E-state index in [-0.39, 0.29) is 26.4 Å². The molecule has 0 bridgehead atoms. The van der Waals surface area contributed by atoms with Crippen LogP contribution in [0.1, 0.15) is 31.1 Å². The van der Waals surface area contributed by atoms with Gasteiger partial charge in [-0.15, -0.1) is 0 Å². The van der Waals surface area contributed by atoms with E-state index in [1.54, 1.807) is 51.1 Å². The van der Waals surface area contributed by atoms with Crippen LogP contribution in [0.4, 0.5) is 0 Å². The smallest absolute Gasteiger partial charge is 0.321 e. The Kier molecular flexibility index (Phi) is 9.57. The maximum absolute atomic E-state index is 12.4. The molecule has 8 heteroatoms. The molecule has 0 aliphatic rings. The summed E-state index contributed by atoms with van der Waals surface area (Å²) < 4.78 is 14.8. The molecule has 27 heavy (non-hydrogen) atoms. The lowest BCUT2D eigenvalue weighted by Crippen LogP contribution is -2.45. The second kappa shape index (κ2) is 11.7. The molecule has 0 saturated carbocycles. The second-order valence-electron chi connectivity index (χ2n) is 5.42.